The number of hydrogen-bond acceptors (Lipinski definition) is 1. The van der Waals surface area contributed by atoms with Crippen molar-refractivity contribution in [1.29, 1.82) is 0 Å². The standard InChI is InChI=1S/C20H21BrF2NO3P/c1-13(2)11-19(24-10-9-14-5-3-4-6-18(14)24)15-7-8-16(17(21)12-15)20(22,23)28(25,26)27/h3-10,12-13,19H,11H2,1-2H3,(H2,25,26,27). The van der Waals surface area contributed by atoms with Crippen LogP contribution in [0.3, 0.4) is 0 Å². The first-order valence-corrected chi connectivity index (χ1v) is 11.2. The van der Waals surface area contributed by atoms with Gasteiger partial charge in [-0.2, -0.15) is 8.78 Å². The number of para-hydroxylation sites is 1. The first kappa shape index (κ1) is 21.2. The van der Waals surface area contributed by atoms with Crippen molar-refractivity contribution in [3.05, 3.63) is 70.3 Å². The molecule has 1 aromatic heterocycles. The van der Waals surface area contributed by atoms with Crippen molar-refractivity contribution in [2.45, 2.75) is 32.0 Å². The van der Waals surface area contributed by atoms with Gasteiger partial charge in [0.2, 0.25) is 0 Å². The van der Waals surface area contributed by atoms with Gasteiger partial charge in [-0.1, -0.05) is 60.1 Å². The molecule has 3 rings (SSSR count). The number of hydrogen-bond donors (Lipinski definition) is 2. The van der Waals surface area contributed by atoms with Crippen LogP contribution in [0.1, 0.15) is 37.4 Å². The van der Waals surface area contributed by atoms with E-state index in [2.05, 4.69) is 34.3 Å². The second kappa shape index (κ2) is 7.71. The van der Waals surface area contributed by atoms with E-state index in [1.165, 1.54) is 12.1 Å². The van der Waals surface area contributed by atoms with E-state index >= 15 is 0 Å². The molecule has 2 aromatic carbocycles. The normalized spacial score (nSPS) is 14.0. The lowest BCUT2D eigenvalue weighted by Gasteiger charge is -2.25. The molecule has 28 heavy (non-hydrogen) atoms. The molecule has 150 valence electrons. The minimum atomic E-state index is -5.63. The van der Waals surface area contributed by atoms with Gasteiger partial charge in [-0.05, 0) is 41.5 Å². The molecule has 0 radical (unpaired) electrons. The Morgan fingerprint density at radius 2 is 1.82 bits per heavy atom. The van der Waals surface area contributed by atoms with Gasteiger partial charge in [0.05, 0.1) is 6.04 Å². The second-order valence-electron chi connectivity index (χ2n) is 7.25. The van der Waals surface area contributed by atoms with Gasteiger partial charge in [0.1, 0.15) is 0 Å². The summed E-state index contributed by atoms with van der Waals surface area (Å²) in [6.45, 7) is 4.17. The van der Waals surface area contributed by atoms with E-state index in [1.807, 2.05) is 36.5 Å². The Morgan fingerprint density at radius 1 is 1.14 bits per heavy atom. The molecular formula is C20H21BrF2NO3P. The molecule has 2 N–H and O–H groups in total. The van der Waals surface area contributed by atoms with E-state index in [0.717, 1.165) is 29.0 Å². The van der Waals surface area contributed by atoms with Crippen LogP contribution in [0.4, 0.5) is 8.78 Å². The van der Waals surface area contributed by atoms with Crippen molar-refractivity contribution in [3.63, 3.8) is 0 Å². The molecule has 0 aliphatic heterocycles. The Labute approximate surface area is 170 Å². The molecule has 3 aromatic rings. The molecule has 1 unspecified atom stereocenters. The number of aromatic nitrogens is 1. The highest BCUT2D eigenvalue weighted by Crippen LogP contribution is 2.60. The third-order valence-corrected chi connectivity index (χ3v) is 6.36. The van der Waals surface area contributed by atoms with Crippen LogP contribution in [0.5, 0.6) is 0 Å². The molecule has 0 spiro atoms. The lowest BCUT2D eigenvalue weighted by molar-refractivity contribution is 0.0557. The van der Waals surface area contributed by atoms with Crippen molar-refractivity contribution in [1.82, 2.24) is 4.57 Å². The SMILES string of the molecule is CC(C)CC(c1ccc(C(F)(F)P(=O)(O)O)c(Br)c1)n1ccc2ccccc21. The second-order valence-corrected chi connectivity index (χ2v) is 9.76. The Balaban J connectivity index is 2.10. The van der Waals surface area contributed by atoms with E-state index in [1.54, 1.807) is 0 Å². The van der Waals surface area contributed by atoms with Crippen LogP contribution in [0.15, 0.2) is 59.2 Å². The van der Waals surface area contributed by atoms with Gasteiger partial charge in [-0.3, -0.25) is 4.57 Å². The number of benzene rings is 2. The molecule has 0 aliphatic carbocycles. The largest absolute Gasteiger partial charge is 0.399 e. The Hall–Kier alpha value is -1.53. The highest BCUT2D eigenvalue weighted by Gasteiger charge is 2.51. The lowest BCUT2D eigenvalue weighted by atomic mass is 9.95. The molecule has 0 saturated heterocycles. The predicted molar refractivity (Wildman–Crippen MR) is 110 cm³/mol. The average Bonchev–Trinajstić information content (AvgIpc) is 3.02. The van der Waals surface area contributed by atoms with Crippen LogP contribution in [0, 0.1) is 5.92 Å². The van der Waals surface area contributed by atoms with Gasteiger partial charge in [-0.15, -0.1) is 0 Å². The van der Waals surface area contributed by atoms with Gasteiger partial charge in [0, 0.05) is 21.7 Å². The van der Waals surface area contributed by atoms with E-state index in [0.29, 0.717) is 5.92 Å². The van der Waals surface area contributed by atoms with Crippen LogP contribution in [-0.2, 0) is 10.2 Å². The Morgan fingerprint density at radius 3 is 2.43 bits per heavy atom. The summed E-state index contributed by atoms with van der Waals surface area (Å²) in [5.74, 6) is 0.348. The summed E-state index contributed by atoms with van der Waals surface area (Å²) in [6.07, 6.45) is 2.75. The third kappa shape index (κ3) is 3.94. The monoisotopic (exact) mass is 471 g/mol. The van der Waals surface area contributed by atoms with Crippen LogP contribution in [0.2, 0.25) is 0 Å². The summed E-state index contributed by atoms with van der Waals surface area (Å²) >= 11 is 3.09. The third-order valence-electron chi connectivity index (χ3n) is 4.73. The van der Waals surface area contributed by atoms with Crippen molar-refractivity contribution in [2.24, 2.45) is 5.92 Å². The van der Waals surface area contributed by atoms with Crippen LogP contribution in [0.25, 0.3) is 10.9 Å². The van der Waals surface area contributed by atoms with E-state index in [9.17, 15) is 13.3 Å². The predicted octanol–water partition coefficient (Wildman–Crippen LogP) is 6.27. The van der Waals surface area contributed by atoms with Crippen molar-refractivity contribution in [3.8, 4) is 0 Å². The summed E-state index contributed by atoms with van der Waals surface area (Å²) in [4.78, 5) is 18.1. The fourth-order valence-electron chi connectivity index (χ4n) is 3.37. The molecule has 0 amide bonds. The van der Waals surface area contributed by atoms with Gasteiger partial charge in [0.15, 0.2) is 0 Å². The molecule has 4 nitrogen and oxygen atoms in total. The molecule has 1 atom stereocenters. The summed E-state index contributed by atoms with van der Waals surface area (Å²) in [7, 11) is -5.63. The number of fused-ring (bicyclic) bond motifs is 1. The first-order valence-electron chi connectivity index (χ1n) is 8.81. The number of rotatable bonds is 6. The summed E-state index contributed by atoms with van der Waals surface area (Å²) < 4.78 is 41.6. The smallest absolute Gasteiger partial charge is 0.340 e. The van der Waals surface area contributed by atoms with Crippen molar-refractivity contribution < 1.29 is 23.1 Å². The molecule has 0 aliphatic rings. The molecule has 8 heteroatoms. The summed E-state index contributed by atoms with van der Waals surface area (Å²) in [6, 6.07) is 14.0. The fourth-order valence-corrected chi connectivity index (χ4v) is 4.68. The van der Waals surface area contributed by atoms with Crippen molar-refractivity contribution >= 4 is 34.4 Å². The lowest BCUT2D eigenvalue weighted by Crippen LogP contribution is -2.16. The first-order chi connectivity index (χ1) is 13.0. The topological polar surface area (TPSA) is 62.5 Å². The highest BCUT2D eigenvalue weighted by molar-refractivity contribution is 9.10. The number of halogens is 3. The van der Waals surface area contributed by atoms with Gasteiger partial charge < -0.3 is 14.4 Å². The van der Waals surface area contributed by atoms with Gasteiger partial charge in [-0.25, -0.2) is 0 Å². The van der Waals surface area contributed by atoms with E-state index in [4.69, 9.17) is 9.79 Å². The zero-order valence-electron chi connectivity index (χ0n) is 15.4. The molecular weight excluding hydrogens is 451 g/mol. The van der Waals surface area contributed by atoms with E-state index < -0.39 is 18.8 Å². The van der Waals surface area contributed by atoms with Crippen LogP contribution < -0.4 is 0 Å². The maximum absolute atomic E-state index is 14.1. The van der Waals surface area contributed by atoms with E-state index in [-0.39, 0.29) is 10.5 Å². The minimum Gasteiger partial charge on any atom is -0.340 e. The molecule has 0 saturated carbocycles. The molecule has 0 fully saturated rings. The number of alkyl halides is 2. The molecule has 1 heterocycles. The average molecular weight is 472 g/mol. The summed E-state index contributed by atoms with van der Waals surface area (Å²) in [5, 5.41) is 1.08. The zero-order valence-corrected chi connectivity index (χ0v) is 17.9. The highest BCUT2D eigenvalue weighted by atomic mass is 79.9. The van der Waals surface area contributed by atoms with Crippen molar-refractivity contribution in [2.75, 3.05) is 0 Å². The Bertz CT molecular complexity index is 1040. The van der Waals surface area contributed by atoms with Gasteiger partial charge in [0.25, 0.3) is 0 Å². The van der Waals surface area contributed by atoms with Gasteiger partial charge >= 0.3 is 13.3 Å². The number of nitrogens with zero attached hydrogens (tertiary/aromatic N) is 1. The maximum atomic E-state index is 14.1. The Kier molecular flexibility index (Phi) is 5.84. The molecule has 0 bridgehead atoms. The van der Waals surface area contributed by atoms with Crippen LogP contribution in [-0.4, -0.2) is 14.4 Å². The quantitative estimate of drug-likeness (QED) is 0.416. The van der Waals surface area contributed by atoms with Crippen LogP contribution >= 0.6 is 23.5 Å². The maximum Gasteiger partial charge on any atom is 0.399 e. The fraction of sp³-hybridized carbons (Fsp3) is 0.300. The summed E-state index contributed by atoms with van der Waals surface area (Å²) in [5.41, 5.74) is -3.15. The zero-order chi connectivity index (χ0) is 20.7. The minimum absolute atomic E-state index is 0.0245.